The Balaban J connectivity index is 1.60. The highest BCUT2D eigenvalue weighted by Gasteiger charge is 2.34. The van der Waals surface area contributed by atoms with Gasteiger partial charge in [-0.2, -0.15) is 0 Å². The number of hydrogen-bond acceptors (Lipinski definition) is 0. The lowest BCUT2D eigenvalue weighted by Crippen LogP contribution is -2.30. The van der Waals surface area contributed by atoms with E-state index in [1.165, 1.54) is 64.2 Å². The van der Waals surface area contributed by atoms with Crippen LogP contribution in [-0.2, 0) is 0 Å². The summed E-state index contributed by atoms with van der Waals surface area (Å²) < 4.78 is 0. The lowest BCUT2D eigenvalue weighted by atomic mass is 9.64. The molecule has 0 aromatic carbocycles. The highest BCUT2D eigenvalue weighted by atomic mass is 14.4. The van der Waals surface area contributed by atoms with Crippen LogP contribution in [0.2, 0.25) is 0 Å². The largest absolute Gasteiger partial charge is 0.0654 e. The lowest BCUT2D eigenvalue weighted by molar-refractivity contribution is 0.0963. The van der Waals surface area contributed by atoms with Gasteiger partial charge in [-0.3, -0.25) is 0 Å². The van der Waals surface area contributed by atoms with E-state index >= 15 is 0 Å². The van der Waals surface area contributed by atoms with Crippen molar-refractivity contribution < 1.29 is 0 Å². The zero-order valence-corrected chi connectivity index (χ0v) is 16.5. The predicted octanol–water partition coefficient (Wildman–Crippen LogP) is 8.15. The molecule has 0 aliphatic heterocycles. The van der Waals surface area contributed by atoms with Gasteiger partial charge in [0.15, 0.2) is 0 Å². The first-order valence-corrected chi connectivity index (χ1v) is 11.2. The maximum Gasteiger partial charge on any atom is -0.0326 e. The summed E-state index contributed by atoms with van der Waals surface area (Å²) in [6.45, 7) is 7.24. The van der Waals surface area contributed by atoms with Crippen LogP contribution in [0.15, 0.2) is 0 Å². The molecule has 0 bridgehead atoms. The fraction of sp³-hybridized carbons (Fsp3) is 1.00. The average Bonchev–Trinajstić information content (AvgIpc) is 2.56. The van der Waals surface area contributed by atoms with E-state index in [9.17, 15) is 0 Å². The SMILES string of the molecule is CCCCCCCC1CCC(C2CCC(C)(CCC)CC2)CC1. The molecule has 0 unspecified atom stereocenters. The fourth-order valence-electron chi connectivity index (χ4n) is 5.65. The molecule has 2 saturated carbocycles. The standard InChI is InChI=1S/C23H44/c1-4-6-7-8-9-10-20-11-13-21(14-12-20)22-15-18-23(3,17-5-2)19-16-22/h20-22H,4-19H2,1-3H3. The summed E-state index contributed by atoms with van der Waals surface area (Å²) in [6, 6.07) is 0. The molecule has 0 saturated heterocycles. The van der Waals surface area contributed by atoms with Crippen molar-refractivity contribution in [1.29, 1.82) is 0 Å². The summed E-state index contributed by atoms with van der Waals surface area (Å²) in [4.78, 5) is 0. The number of unbranched alkanes of at least 4 members (excludes halogenated alkanes) is 4. The van der Waals surface area contributed by atoms with Crippen molar-refractivity contribution in [2.24, 2.45) is 23.2 Å². The quantitative estimate of drug-likeness (QED) is 0.376. The summed E-state index contributed by atoms with van der Waals surface area (Å²) in [7, 11) is 0. The van der Waals surface area contributed by atoms with E-state index in [1.54, 1.807) is 38.5 Å². The zero-order valence-electron chi connectivity index (χ0n) is 16.5. The van der Waals surface area contributed by atoms with Crippen molar-refractivity contribution in [3.05, 3.63) is 0 Å². The fourth-order valence-corrected chi connectivity index (χ4v) is 5.65. The van der Waals surface area contributed by atoms with Crippen molar-refractivity contribution in [2.75, 3.05) is 0 Å². The Morgan fingerprint density at radius 3 is 1.91 bits per heavy atom. The van der Waals surface area contributed by atoms with Crippen molar-refractivity contribution in [3.8, 4) is 0 Å². The van der Waals surface area contributed by atoms with Gasteiger partial charge in [0.05, 0.1) is 0 Å². The molecule has 2 aliphatic carbocycles. The van der Waals surface area contributed by atoms with Crippen molar-refractivity contribution >= 4 is 0 Å². The Hall–Kier alpha value is 0. The highest BCUT2D eigenvalue weighted by Crippen LogP contribution is 2.47. The van der Waals surface area contributed by atoms with Crippen LogP contribution in [-0.4, -0.2) is 0 Å². The number of hydrogen-bond donors (Lipinski definition) is 0. The summed E-state index contributed by atoms with van der Waals surface area (Å²) in [5, 5.41) is 0. The third-order valence-corrected chi connectivity index (χ3v) is 7.36. The molecule has 0 nitrogen and oxygen atoms in total. The maximum absolute atomic E-state index is 2.56. The molecule has 136 valence electrons. The third kappa shape index (κ3) is 6.43. The minimum Gasteiger partial charge on any atom is -0.0654 e. The molecule has 0 spiro atoms. The Morgan fingerprint density at radius 1 is 0.696 bits per heavy atom. The molecule has 2 rings (SSSR count). The van der Waals surface area contributed by atoms with Crippen molar-refractivity contribution in [3.63, 3.8) is 0 Å². The predicted molar refractivity (Wildman–Crippen MR) is 104 cm³/mol. The highest BCUT2D eigenvalue weighted by molar-refractivity contribution is 4.86. The topological polar surface area (TPSA) is 0 Å². The van der Waals surface area contributed by atoms with Crippen LogP contribution in [0.1, 0.15) is 124 Å². The minimum absolute atomic E-state index is 0.695. The summed E-state index contributed by atoms with van der Waals surface area (Å²) in [6.07, 6.45) is 24.0. The Morgan fingerprint density at radius 2 is 1.30 bits per heavy atom. The van der Waals surface area contributed by atoms with Gasteiger partial charge < -0.3 is 0 Å². The van der Waals surface area contributed by atoms with Gasteiger partial charge in [-0.25, -0.2) is 0 Å². The monoisotopic (exact) mass is 320 g/mol. The van der Waals surface area contributed by atoms with Crippen molar-refractivity contribution in [2.45, 2.75) is 124 Å². The molecular weight excluding hydrogens is 276 g/mol. The van der Waals surface area contributed by atoms with Crippen LogP contribution in [0.5, 0.6) is 0 Å². The van der Waals surface area contributed by atoms with E-state index in [4.69, 9.17) is 0 Å². The average molecular weight is 321 g/mol. The second-order valence-electron chi connectivity index (χ2n) is 9.38. The van der Waals surface area contributed by atoms with Crippen LogP contribution < -0.4 is 0 Å². The molecule has 2 aliphatic rings. The van der Waals surface area contributed by atoms with E-state index in [1.807, 2.05) is 0 Å². The van der Waals surface area contributed by atoms with Gasteiger partial charge >= 0.3 is 0 Å². The summed E-state index contributed by atoms with van der Waals surface area (Å²) >= 11 is 0. The zero-order chi connectivity index (χ0) is 16.5. The Bertz CT molecular complexity index is 289. The minimum atomic E-state index is 0.695. The van der Waals surface area contributed by atoms with Gasteiger partial charge in [0.2, 0.25) is 0 Å². The second-order valence-corrected chi connectivity index (χ2v) is 9.38. The molecule has 0 aromatic rings. The third-order valence-electron chi connectivity index (χ3n) is 7.36. The van der Waals surface area contributed by atoms with Gasteiger partial charge in [0.1, 0.15) is 0 Å². The molecule has 0 aromatic heterocycles. The molecule has 0 N–H and O–H groups in total. The van der Waals surface area contributed by atoms with Crippen LogP contribution in [0.3, 0.4) is 0 Å². The molecule has 0 amide bonds. The summed E-state index contributed by atoms with van der Waals surface area (Å²) in [5.74, 6) is 3.27. The van der Waals surface area contributed by atoms with Crippen LogP contribution >= 0.6 is 0 Å². The van der Waals surface area contributed by atoms with Gasteiger partial charge in [-0.15, -0.1) is 0 Å². The molecule has 0 atom stereocenters. The second kappa shape index (κ2) is 10.1. The molecule has 2 fully saturated rings. The first kappa shape index (κ1) is 19.3. The van der Waals surface area contributed by atoms with Gasteiger partial charge in [0.25, 0.3) is 0 Å². The van der Waals surface area contributed by atoms with Gasteiger partial charge in [-0.05, 0) is 68.1 Å². The first-order valence-electron chi connectivity index (χ1n) is 11.2. The molecule has 0 heteroatoms. The summed E-state index contributed by atoms with van der Waals surface area (Å²) in [5.41, 5.74) is 0.695. The molecular formula is C23H44. The number of rotatable bonds is 9. The van der Waals surface area contributed by atoms with E-state index in [0.717, 1.165) is 17.8 Å². The molecule has 0 heterocycles. The smallest absolute Gasteiger partial charge is 0.0326 e. The van der Waals surface area contributed by atoms with E-state index < -0.39 is 0 Å². The van der Waals surface area contributed by atoms with Gasteiger partial charge in [-0.1, -0.05) is 78.6 Å². The van der Waals surface area contributed by atoms with E-state index in [0.29, 0.717) is 5.41 Å². The maximum atomic E-state index is 2.56. The van der Waals surface area contributed by atoms with Crippen LogP contribution in [0.25, 0.3) is 0 Å². The van der Waals surface area contributed by atoms with Crippen LogP contribution in [0, 0.1) is 23.2 Å². The Kier molecular flexibility index (Phi) is 8.48. The Labute approximate surface area is 147 Å². The lowest BCUT2D eigenvalue weighted by Gasteiger charge is -2.42. The van der Waals surface area contributed by atoms with E-state index in [2.05, 4.69) is 20.8 Å². The molecule has 0 radical (unpaired) electrons. The first-order chi connectivity index (χ1) is 11.2. The molecule has 23 heavy (non-hydrogen) atoms. The normalized spacial score (nSPS) is 35.3. The van der Waals surface area contributed by atoms with Crippen molar-refractivity contribution in [1.82, 2.24) is 0 Å². The van der Waals surface area contributed by atoms with Crippen LogP contribution in [0.4, 0.5) is 0 Å². The van der Waals surface area contributed by atoms with Gasteiger partial charge in [0, 0.05) is 0 Å². The van der Waals surface area contributed by atoms with E-state index in [-0.39, 0.29) is 0 Å².